The van der Waals surface area contributed by atoms with E-state index in [1.807, 2.05) is 43.3 Å². The Hall–Kier alpha value is -2.21. The van der Waals surface area contributed by atoms with Gasteiger partial charge in [-0.25, -0.2) is 4.98 Å². The van der Waals surface area contributed by atoms with Crippen LogP contribution in [0.2, 0.25) is 0 Å². The number of aromatic nitrogens is 4. The number of halogens is 1. The van der Waals surface area contributed by atoms with E-state index in [1.165, 1.54) is 0 Å². The number of pyridine rings is 1. The molecule has 0 amide bonds. The highest BCUT2D eigenvalue weighted by Gasteiger charge is 2.09. The molecule has 0 spiro atoms. The topological polar surface area (TPSA) is 66.5 Å². The van der Waals surface area contributed by atoms with Crippen molar-refractivity contribution in [3.63, 3.8) is 0 Å². The maximum Gasteiger partial charge on any atom is 0.117 e. The highest BCUT2D eigenvalue weighted by Crippen LogP contribution is 2.21. The number of hydrogen-bond acceptors (Lipinski definition) is 4. The van der Waals surface area contributed by atoms with Crippen molar-refractivity contribution < 1.29 is 0 Å². The minimum atomic E-state index is 0.587. The zero-order valence-corrected chi connectivity index (χ0v) is 13.1. The van der Waals surface area contributed by atoms with Crippen LogP contribution in [-0.4, -0.2) is 20.4 Å². The standard InChI is InChI=1S/C15H14BrN5/c1-10-7-12(8-18-15(10)16)17-9-13-14(20-21-19-13)11-5-3-2-4-6-11/h2-8,17H,9H2,1H3,(H,19,20,21). The molecule has 0 radical (unpaired) electrons. The van der Waals surface area contributed by atoms with Gasteiger partial charge in [-0.2, -0.15) is 15.4 Å². The highest BCUT2D eigenvalue weighted by atomic mass is 79.9. The Kier molecular flexibility index (Phi) is 3.96. The van der Waals surface area contributed by atoms with Gasteiger partial charge in [0.1, 0.15) is 16.0 Å². The van der Waals surface area contributed by atoms with Crippen LogP contribution < -0.4 is 5.32 Å². The molecular weight excluding hydrogens is 330 g/mol. The number of aromatic amines is 1. The lowest BCUT2D eigenvalue weighted by Crippen LogP contribution is -2.02. The molecule has 3 aromatic rings. The maximum absolute atomic E-state index is 4.27. The van der Waals surface area contributed by atoms with Gasteiger partial charge < -0.3 is 5.32 Å². The molecule has 2 heterocycles. The van der Waals surface area contributed by atoms with Gasteiger partial charge in [-0.3, -0.25) is 0 Å². The van der Waals surface area contributed by atoms with Gasteiger partial charge in [0.25, 0.3) is 0 Å². The van der Waals surface area contributed by atoms with Gasteiger partial charge in [0, 0.05) is 5.56 Å². The van der Waals surface area contributed by atoms with Crippen LogP contribution in [0.15, 0.2) is 47.2 Å². The summed E-state index contributed by atoms with van der Waals surface area (Å²) >= 11 is 3.40. The van der Waals surface area contributed by atoms with E-state index in [9.17, 15) is 0 Å². The normalized spacial score (nSPS) is 10.6. The Bertz CT molecular complexity index is 739. The molecule has 0 saturated heterocycles. The third kappa shape index (κ3) is 3.11. The average molecular weight is 344 g/mol. The van der Waals surface area contributed by atoms with Crippen molar-refractivity contribution in [2.45, 2.75) is 13.5 Å². The van der Waals surface area contributed by atoms with Crippen molar-refractivity contribution in [2.24, 2.45) is 0 Å². The first kappa shape index (κ1) is 13.8. The first-order chi connectivity index (χ1) is 10.2. The summed E-state index contributed by atoms with van der Waals surface area (Å²) in [7, 11) is 0. The summed E-state index contributed by atoms with van der Waals surface area (Å²) in [5.41, 5.74) is 4.83. The van der Waals surface area contributed by atoms with Crippen molar-refractivity contribution in [3.05, 3.63) is 58.5 Å². The van der Waals surface area contributed by atoms with Crippen LogP contribution in [0.5, 0.6) is 0 Å². The minimum absolute atomic E-state index is 0.587. The van der Waals surface area contributed by atoms with E-state index < -0.39 is 0 Å². The molecule has 2 aromatic heterocycles. The van der Waals surface area contributed by atoms with E-state index >= 15 is 0 Å². The van der Waals surface area contributed by atoms with Gasteiger partial charge in [0.15, 0.2) is 0 Å². The predicted octanol–water partition coefficient (Wildman–Crippen LogP) is 3.55. The van der Waals surface area contributed by atoms with E-state index in [0.717, 1.165) is 32.8 Å². The van der Waals surface area contributed by atoms with Gasteiger partial charge in [-0.05, 0) is 34.5 Å². The molecule has 0 aliphatic rings. The average Bonchev–Trinajstić information content (AvgIpc) is 2.98. The molecule has 6 heteroatoms. The van der Waals surface area contributed by atoms with Crippen molar-refractivity contribution >= 4 is 21.6 Å². The summed E-state index contributed by atoms with van der Waals surface area (Å²) in [5.74, 6) is 0. The third-order valence-electron chi connectivity index (χ3n) is 3.14. The fourth-order valence-corrected chi connectivity index (χ4v) is 2.26. The van der Waals surface area contributed by atoms with E-state index in [2.05, 4.69) is 41.6 Å². The van der Waals surface area contributed by atoms with Crippen LogP contribution in [0.25, 0.3) is 11.3 Å². The molecule has 0 aliphatic heterocycles. The molecule has 0 aliphatic carbocycles. The van der Waals surface area contributed by atoms with Crippen molar-refractivity contribution in [2.75, 3.05) is 5.32 Å². The van der Waals surface area contributed by atoms with Gasteiger partial charge >= 0.3 is 0 Å². The zero-order chi connectivity index (χ0) is 14.7. The molecule has 0 saturated carbocycles. The SMILES string of the molecule is Cc1cc(NCc2n[nH]nc2-c2ccccc2)cnc1Br. The molecule has 2 N–H and O–H groups in total. The summed E-state index contributed by atoms with van der Waals surface area (Å²) in [5, 5.41) is 14.5. The molecule has 0 unspecified atom stereocenters. The molecule has 0 fully saturated rings. The van der Waals surface area contributed by atoms with E-state index in [4.69, 9.17) is 0 Å². The van der Waals surface area contributed by atoms with E-state index in [1.54, 1.807) is 6.20 Å². The second kappa shape index (κ2) is 6.05. The third-order valence-corrected chi connectivity index (χ3v) is 3.97. The van der Waals surface area contributed by atoms with Crippen LogP contribution in [0.3, 0.4) is 0 Å². The summed E-state index contributed by atoms with van der Waals surface area (Å²) in [6, 6.07) is 12.0. The number of aryl methyl sites for hydroxylation is 1. The van der Waals surface area contributed by atoms with E-state index in [-0.39, 0.29) is 0 Å². The lowest BCUT2D eigenvalue weighted by molar-refractivity contribution is 0.910. The van der Waals surface area contributed by atoms with Gasteiger partial charge in [0.2, 0.25) is 0 Å². The molecule has 21 heavy (non-hydrogen) atoms. The quantitative estimate of drug-likeness (QED) is 0.711. The van der Waals surface area contributed by atoms with Crippen molar-refractivity contribution in [1.29, 1.82) is 0 Å². The molecule has 3 rings (SSSR count). The lowest BCUT2D eigenvalue weighted by Gasteiger charge is -2.07. The van der Waals surface area contributed by atoms with Gasteiger partial charge in [-0.15, -0.1) is 0 Å². The second-order valence-electron chi connectivity index (χ2n) is 4.67. The first-order valence-electron chi connectivity index (χ1n) is 6.55. The summed E-state index contributed by atoms with van der Waals surface area (Å²) in [6.45, 7) is 2.59. The number of rotatable bonds is 4. The number of benzene rings is 1. The Morgan fingerprint density at radius 3 is 2.76 bits per heavy atom. The number of anilines is 1. The number of H-pyrrole nitrogens is 1. The molecular formula is C15H14BrN5. The molecule has 1 aromatic carbocycles. The molecule has 0 atom stereocenters. The van der Waals surface area contributed by atoms with Crippen LogP contribution >= 0.6 is 15.9 Å². The Labute approximate surface area is 130 Å². The Morgan fingerprint density at radius 2 is 2.00 bits per heavy atom. The van der Waals surface area contributed by atoms with Crippen molar-refractivity contribution in [3.8, 4) is 11.3 Å². The van der Waals surface area contributed by atoms with Gasteiger partial charge in [-0.1, -0.05) is 30.3 Å². The summed E-state index contributed by atoms with van der Waals surface area (Å²) < 4.78 is 0.861. The number of hydrogen-bond donors (Lipinski definition) is 2. The van der Waals surface area contributed by atoms with Crippen LogP contribution in [0, 0.1) is 6.92 Å². The smallest absolute Gasteiger partial charge is 0.117 e. The second-order valence-corrected chi connectivity index (χ2v) is 5.42. The summed E-state index contributed by atoms with van der Waals surface area (Å²) in [4.78, 5) is 4.27. The molecule has 5 nitrogen and oxygen atoms in total. The van der Waals surface area contributed by atoms with Crippen LogP contribution in [-0.2, 0) is 6.54 Å². The van der Waals surface area contributed by atoms with Crippen LogP contribution in [0.4, 0.5) is 5.69 Å². The fraction of sp³-hybridized carbons (Fsp3) is 0.133. The highest BCUT2D eigenvalue weighted by molar-refractivity contribution is 9.10. The Morgan fingerprint density at radius 1 is 1.19 bits per heavy atom. The maximum atomic E-state index is 4.27. The van der Waals surface area contributed by atoms with Crippen molar-refractivity contribution in [1.82, 2.24) is 20.4 Å². The van der Waals surface area contributed by atoms with Gasteiger partial charge in [0.05, 0.1) is 18.4 Å². The molecule has 0 bridgehead atoms. The zero-order valence-electron chi connectivity index (χ0n) is 11.5. The predicted molar refractivity (Wildman–Crippen MR) is 85.8 cm³/mol. The Balaban J connectivity index is 1.77. The fourth-order valence-electron chi connectivity index (χ4n) is 2.04. The van der Waals surface area contributed by atoms with Crippen LogP contribution in [0.1, 0.15) is 11.3 Å². The number of nitrogens with zero attached hydrogens (tertiary/aromatic N) is 3. The number of nitrogens with one attached hydrogen (secondary N) is 2. The first-order valence-corrected chi connectivity index (χ1v) is 7.34. The summed E-state index contributed by atoms with van der Waals surface area (Å²) in [6.07, 6.45) is 1.79. The monoisotopic (exact) mass is 343 g/mol. The minimum Gasteiger partial charge on any atom is -0.378 e. The lowest BCUT2D eigenvalue weighted by atomic mass is 10.1. The van der Waals surface area contributed by atoms with E-state index in [0.29, 0.717) is 6.54 Å². The molecule has 106 valence electrons. The largest absolute Gasteiger partial charge is 0.378 e.